The molecule has 3 atom stereocenters. The maximum absolute atomic E-state index is 11.2. The molecule has 0 aromatic heterocycles. The Balaban J connectivity index is 4.12. The van der Waals surface area contributed by atoms with Gasteiger partial charge in [-0.25, -0.2) is 4.79 Å². The molecule has 0 aliphatic carbocycles. The van der Waals surface area contributed by atoms with Gasteiger partial charge >= 0.3 is 5.97 Å². The van der Waals surface area contributed by atoms with Gasteiger partial charge in [-0.3, -0.25) is 4.79 Å². The Labute approximate surface area is 82.4 Å². The third kappa shape index (κ3) is 3.71. The Bertz CT molecular complexity index is 217. The third-order valence-electron chi connectivity index (χ3n) is 1.74. The lowest BCUT2D eigenvalue weighted by Crippen LogP contribution is -2.51. The van der Waals surface area contributed by atoms with Gasteiger partial charge in [0.15, 0.2) is 0 Å². The van der Waals surface area contributed by atoms with Gasteiger partial charge in [0.05, 0.1) is 13.2 Å². The summed E-state index contributed by atoms with van der Waals surface area (Å²) in [4.78, 5) is 22.1. The summed E-state index contributed by atoms with van der Waals surface area (Å²) in [6.07, 6.45) is -0.958. The molecule has 6 heteroatoms. The monoisotopic (exact) mass is 204 g/mol. The van der Waals surface area contributed by atoms with Crippen LogP contribution in [0.3, 0.4) is 0 Å². The summed E-state index contributed by atoms with van der Waals surface area (Å²) >= 11 is 0. The second-order valence-electron chi connectivity index (χ2n) is 3.02. The lowest BCUT2D eigenvalue weighted by Gasteiger charge is -2.17. The second-order valence-corrected chi connectivity index (χ2v) is 3.02. The fourth-order valence-corrected chi connectivity index (χ4v) is 0.764. The van der Waals surface area contributed by atoms with E-state index in [1.54, 1.807) is 0 Å². The number of carbonyl (C=O) groups is 2. The van der Waals surface area contributed by atoms with Crippen LogP contribution in [0.15, 0.2) is 0 Å². The molecule has 0 aromatic rings. The number of ether oxygens (including phenoxy) is 1. The van der Waals surface area contributed by atoms with Crippen LogP contribution in [-0.4, -0.2) is 42.3 Å². The summed E-state index contributed by atoms with van der Waals surface area (Å²) in [5.41, 5.74) is 5.34. The molecule has 0 unspecified atom stereocenters. The zero-order valence-electron chi connectivity index (χ0n) is 8.48. The Morgan fingerprint density at radius 2 is 1.93 bits per heavy atom. The molecule has 4 N–H and O–H groups in total. The van der Waals surface area contributed by atoms with E-state index in [9.17, 15) is 9.59 Å². The molecular weight excluding hydrogens is 188 g/mol. The highest BCUT2D eigenvalue weighted by Crippen LogP contribution is 1.92. The maximum Gasteiger partial charge on any atom is 0.328 e. The van der Waals surface area contributed by atoms with Crippen LogP contribution >= 0.6 is 0 Å². The molecule has 1 amide bonds. The summed E-state index contributed by atoms with van der Waals surface area (Å²) < 4.78 is 4.40. The molecule has 0 aliphatic rings. The van der Waals surface area contributed by atoms with Gasteiger partial charge in [0.25, 0.3) is 0 Å². The lowest BCUT2D eigenvalue weighted by atomic mass is 10.2. The smallest absolute Gasteiger partial charge is 0.328 e. The van der Waals surface area contributed by atoms with Crippen molar-refractivity contribution < 1.29 is 19.4 Å². The number of aliphatic hydroxyl groups excluding tert-OH is 1. The van der Waals surface area contributed by atoms with E-state index < -0.39 is 30.1 Å². The molecule has 0 radical (unpaired) electrons. The van der Waals surface area contributed by atoms with Crippen LogP contribution in [-0.2, 0) is 14.3 Å². The van der Waals surface area contributed by atoms with Crippen LogP contribution < -0.4 is 11.1 Å². The van der Waals surface area contributed by atoms with Crippen molar-refractivity contribution in [1.82, 2.24) is 5.32 Å². The minimum absolute atomic E-state index is 0.559. The number of aliphatic hydroxyl groups is 1. The standard InChI is InChI=1S/C8H16N2O4/c1-4(8(13)14-3)10-7(12)6(9)5(2)11/h4-6,11H,9H2,1-3H3,(H,10,12)/t4-,5+,6-/m0/s1. The van der Waals surface area contributed by atoms with Crippen LogP contribution in [0, 0.1) is 0 Å². The molecule has 82 valence electrons. The summed E-state index contributed by atoms with van der Waals surface area (Å²) in [6.45, 7) is 2.87. The highest BCUT2D eigenvalue weighted by molar-refractivity contribution is 5.87. The number of methoxy groups -OCH3 is 1. The van der Waals surface area contributed by atoms with Gasteiger partial charge in [-0.2, -0.15) is 0 Å². The number of amides is 1. The minimum atomic E-state index is -1.04. The van der Waals surface area contributed by atoms with Gasteiger partial charge in [-0.05, 0) is 13.8 Å². The van der Waals surface area contributed by atoms with Crippen molar-refractivity contribution in [3.63, 3.8) is 0 Å². The first kappa shape index (κ1) is 12.9. The SMILES string of the molecule is COC(=O)[C@H](C)NC(=O)[C@@H](N)[C@@H](C)O. The van der Waals surface area contributed by atoms with Crippen molar-refractivity contribution >= 4 is 11.9 Å². The van der Waals surface area contributed by atoms with E-state index in [0.29, 0.717) is 0 Å². The maximum atomic E-state index is 11.2. The fourth-order valence-electron chi connectivity index (χ4n) is 0.764. The molecule has 0 heterocycles. The van der Waals surface area contributed by atoms with Crippen molar-refractivity contribution in [1.29, 1.82) is 0 Å². The van der Waals surface area contributed by atoms with E-state index >= 15 is 0 Å². The number of hydrogen-bond donors (Lipinski definition) is 3. The zero-order valence-corrected chi connectivity index (χ0v) is 8.48. The van der Waals surface area contributed by atoms with Crippen molar-refractivity contribution in [2.24, 2.45) is 5.73 Å². The van der Waals surface area contributed by atoms with Crippen LogP contribution in [0.2, 0.25) is 0 Å². The average Bonchev–Trinajstić information content (AvgIpc) is 2.14. The number of nitrogens with two attached hydrogens (primary N) is 1. The Kier molecular flexibility index (Phi) is 5.11. The first-order valence-electron chi connectivity index (χ1n) is 4.22. The van der Waals surface area contributed by atoms with Crippen molar-refractivity contribution in [3.8, 4) is 0 Å². The summed E-state index contributed by atoms with van der Waals surface area (Å²) in [5, 5.41) is 11.3. The molecule has 0 aromatic carbocycles. The molecule has 0 saturated carbocycles. The normalized spacial score (nSPS) is 16.6. The third-order valence-corrected chi connectivity index (χ3v) is 1.74. The number of esters is 1. The van der Waals surface area contributed by atoms with Gasteiger partial charge in [0.1, 0.15) is 12.1 Å². The van der Waals surface area contributed by atoms with E-state index in [-0.39, 0.29) is 0 Å². The lowest BCUT2D eigenvalue weighted by molar-refractivity contribution is -0.144. The van der Waals surface area contributed by atoms with E-state index in [1.807, 2.05) is 0 Å². The molecular formula is C8H16N2O4. The summed E-state index contributed by atoms with van der Waals surface area (Å²) in [5.74, 6) is -1.14. The van der Waals surface area contributed by atoms with Gasteiger partial charge in [-0.1, -0.05) is 0 Å². The highest BCUT2D eigenvalue weighted by Gasteiger charge is 2.23. The number of hydrogen-bond acceptors (Lipinski definition) is 5. The molecule has 0 fully saturated rings. The Morgan fingerprint density at radius 1 is 1.43 bits per heavy atom. The number of nitrogens with one attached hydrogen (secondary N) is 1. The van der Waals surface area contributed by atoms with E-state index in [1.165, 1.54) is 21.0 Å². The van der Waals surface area contributed by atoms with Crippen molar-refractivity contribution in [2.45, 2.75) is 32.0 Å². The van der Waals surface area contributed by atoms with Crippen molar-refractivity contribution in [2.75, 3.05) is 7.11 Å². The molecule has 14 heavy (non-hydrogen) atoms. The van der Waals surface area contributed by atoms with E-state index in [2.05, 4.69) is 10.1 Å². The molecule has 0 bridgehead atoms. The predicted octanol–water partition coefficient (Wildman–Crippen LogP) is -1.63. The highest BCUT2D eigenvalue weighted by atomic mass is 16.5. The van der Waals surface area contributed by atoms with Gasteiger partial charge < -0.3 is 20.9 Å². The molecule has 0 spiro atoms. The number of carbonyl (C=O) groups excluding carboxylic acids is 2. The Hall–Kier alpha value is -1.14. The first-order chi connectivity index (χ1) is 6.40. The van der Waals surface area contributed by atoms with Crippen LogP contribution in [0.25, 0.3) is 0 Å². The van der Waals surface area contributed by atoms with E-state index in [4.69, 9.17) is 10.8 Å². The molecule has 0 saturated heterocycles. The average molecular weight is 204 g/mol. The molecule has 6 nitrogen and oxygen atoms in total. The zero-order chi connectivity index (χ0) is 11.3. The van der Waals surface area contributed by atoms with Gasteiger partial charge in [-0.15, -0.1) is 0 Å². The molecule has 0 rings (SSSR count). The summed E-state index contributed by atoms with van der Waals surface area (Å²) in [7, 11) is 1.22. The largest absolute Gasteiger partial charge is 0.467 e. The van der Waals surface area contributed by atoms with E-state index in [0.717, 1.165) is 0 Å². The summed E-state index contributed by atoms with van der Waals surface area (Å²) in [6, 6.07) is -1.81. The quantitative estimate of drug-likeness (QED) is 0.477. The van der Waals surface area contributed by atoms with Crippen molar-refractivity contribution in [3.05, 3.63) is 0 Å². The van der Waals surface area contributed by atoms with Crippen LogP contribution in [0.1, 0.15) is 13.8 Å². The minimum Gasteiger partial charge on any atom is -0.467 e. The van der Waals surface area contributed by atoms with Gasteiger partial charge in [0.2, 0.25) is 5.91 Å². The van der Waals surface area contributed by atoms with Crippen LogP contribution in [0.4, 0.5) is 0 Å². The van der Waals surface area contributed by atoms with Gasteiger partial charge in [0, 0.05) is 0 Å². The fraction of sp³-hybridized carbons (Fsp3) is 0.750. The molecule has 0 aliphatic heterocycles. The Morgan fingerprint density at radius 3 is 2.29 bits per heavy atom. The topological polar surface area (TPSA) is 102 Å². The van der Waals surface area contributed by atoms with Crippen LogP contribution in [0.5, 0.6) is 0 Å². The number of rotatable bonds is 4. The second kappa shape index (κ2) is 5.56. The predicted molar refractivity (Wildman–Crippen MR) is 49.3 cm³/mol. The first-order valence-corrected chi connectivity index (χ1v) is 4.22.